The van der Waals surface area contributed by atoms with Crippen LogP contribution in [0.3, 0.4) is 0 Å². The maximum atomic E-state index is 12.0. The van der Waals surface area contributed by atoms with Crippen molar-refractivity contribution in [2.24, 2.45) is 0 Å². The van der Waals surface area contributed by atoms with Gasteiger partial charge in [0.05, 0.1) is 17.8 Å². The lowest BCUT2D eigenvalue weighted by Crippen LogP contribution is -2.28. The minimum atomic E-state index is -0.147. The summed E-state index contributed by atoms with van der Waals surface area (Å²) in [6, 6.07) is 7.17. The molecular weight excluding hydrogens is 420 g/mol. The highest BCUT2D eigenvalue weighted by Gasteiger charge is 2.27. The van der Waals surface area contributed by atoms with Crippen molar-refractivity contribution in [3.8, 4) is 22.7 Å². The highest BCUT2D eigenvalue weighted by Crippen LogP contribution is 2.37. The number of rotatable bonds is 5. The van der Waals surface area contributed by atoms with E-state index < -0.39 is 0 Å². The van der Waals surface area contributed by atoms with Gasteiger partial charge in [-0.25, -0.2) is 9.48 Å². The van der Waals surface area contributed by atoms with Crippen LogP contribution in [-0.4, -0.2) is 45.6 Å². The van der Waals surface area contributed by atoms with Gasteiger partial charge in [0.2, 0.25) is 5.71 Å². The largest absolute Gasteiger partial charge is 0.497 e. The number of ether oxygens (including phenoxy) is 1. The van der Waals surface area contributed by atoms with Gasteiger partial charge in [0.1, 0.15) is 17.2 Å². The third kappa shape index (κ3) is 3.04. The maximum absolute atomic E-state index is 12.0. The van der Waals surface area contributed by atoms with Gasteiger partial charge >= 0.3 is 6.03 Å². The van der Waals surface area contributed by atoms with Gasteiger partial charge in [-0.3, -0.25) is 4.90 Å². The molecule has 0 atom stereocenters. The first-order valence-corrected chi connectivity index (χ1v) is 10.4. The normalized spacial score (nSPS) is 13.9. The van der Waals surface area contributed by atoms with Crippen molar-refractivity contribution in [3.05, 3.63) is 46.9 Å². The number of nitrogens with zero attached hydrogens (tertiary/aromatic N) is 5. The van der Waals surface area contributed by atoms with Crippen LogP contribution in [0, 0.1) is 6.92 Å². The number of benzene rings is 1. The van der Waals surface area contributed by atoms with Crippen molar-refractivity contribution in [3.63, 3.8) is 0 Å². The van der Waals surface area contributed by atoms with Crippen molar-refractivity contribution in [2.45, 2.75) is 20.3 Å². The summed E-state index contributed by atoms with van der Waals surface area (Å²) in [6.07, 6.45) is 2.50. The number of amides is 2. The monoisotopic (exact) mass is 440 g/mol. The van der Waals surface area contributed by atoms with Crippen molar-refractivity contribution < 1.29 is 13.9 Å². The van der Waals surface area contributed by atoms with Gasteiger partial charge < -0.3 is 14.5 Å². The van der Waals surface area contributed by atoms with Crippen LogP contribution in [0.1, 0.15) is 18.4 Å². The molecule has 4 aromatic rings. The molecule has 10 heteroatoms. The number of fused-ring (bicyclic) bond motifs is 1. The molecule has 5 rings (SSSR count). The third-order valence-electron chi connectivity index (χ3n) is 5.39. The molecule has 1 aliphatic rings. The van der Waals surface area contributed by atoms with Gasteiger partial charge in [-0.15, -0.1) is 5.10 Å². The third-order valence-corrected chi connectivity index (χ3v) is 5.70. The fourth-order valence-corrected chi connectivity index (χ4v) is 4.14. The second-order valence-corrected chi connectivity index (χ2v) is 7.63. The number of aromatic nitrogens is 4. The summed E-state index contributed by atoms with van der Waals surface area (Å²) in [5.41, 5.74) is 3.70. The minimum absolute atomic E-state index is 0.147. The van der Waals surface area contributed by atoms with Gasteiger partial charge in [-0.05, 0) is 31.5 Å². The van der Waals surface area contributed by atoms with Gasteiger partial charge in [0, 0.05) is 30.9 Å². The predicted molar refractivity (Wildman–Crippen MR) is 116 cm³/mol. The van der Waals surface area contributed by atoms with E-state index in [9.17, 15) is 4.79 Å². The molecule has 1 N–H and O–H groups in total. The van der Waals surface area contributed by atoms with Gasteiger partial charge in [0.25, 0.3) is 0 Å². The average molecular weight is 441 g/mol. The van der Waals surface area contributed by atoms with E-state index in [4.69, 9.17) is 25.9 Å². The summed E-state index contributed by atoms with van der Waals surface area (Å²) < 4.78 is 14.9. The molecule has 0 spiro atoms. The van der Waals surface area contributed by atoms with E-state index in [0.717, 1.165) is 22.6 Å². The van der Waals surface area contributed by atoms with Crippen LogP contribution in [0.25, 0.3) is 22.7 Å². The standard InChI is InChI=1S/C21H21ClN6O3/c1-4-16-19(27-9-7-17(25-27)26-10-8-23-21(26)29)20-28(24-16)18(12(2)31-20)14-6-5-13(30-3)11-15(14)22/h5-7,9,11H,4,8,10H2,1-3H3,(H,23,29). The predicted octanol–water partition coefficient (Wildman–Crippen LogP) is 3.84. The molecule has 0 bridgehead atoms. The highest BCUT2D eigenvalue weighted by atomic mass is 35.5. The van der Waals surface area contributed by atoms with Crippen LogP contribution < -0.4 is 15.0 Å². The van der Waals surface area contributed by atoms with Gasteiger partial charge in [0.15, 0.2) is 11.5 Å². The number of hydrogen-bond acceptors (Lipinski definition) is 5. The molecule has 9 nitrogen and oxygen atoms in total. The summed E-state index contributed by atoms with van der Waals surface area (Å²) in [6.45, 7) is 5.09. The Morgan fingerprint density at radius 1 is 1.29 bits per heavy atom. The van der Waals surface area contributed by atoms with Crippen molar-refractivity contribution in [1.29, 1.82) is 0 Å². The van der Waals surface area contributed by atoms with Crippen LogP contribution in [0.4, 0.5) is 10.6 Å². The second kappa shape index (κ2) is 7.35. The fraction of sp³-hybridized carbons (Fsp3) is 0.286. The molecule has 0 aliphatic carbocycles. The number of urea groups is 1. The highest BCUT2D eigenvalue weighted by molar-refractivity contribution is 6.33. The molecule has 1 aromatic carbocycles. The molecule has 3 aromatic heterocycles. The van der Waals surface area contributed by atoms with Gasteiger partial charge in [-0.2, -0.15) is 9.61 Å². The van der Waals surface area contributed by atoms with E-state index in [0.29, 0.717) is 47.6 Å². The Labute approximate surface area is 183 Å². The first kappa shape index (κ1) is 19.5. The molecule has 1 saturated heterocycles. The molecular formula is C21H21ClN6O3. The molecule has 2 amide bonds. The average Bonchev–Trinajstić information content (AvgIpc) is 3.51. The fourth-order valence-electron chi connectivity index (χ4n) is 3.88. The number of aryl methyl sites for hydroxylation is 2. The van der Waals surface area contributed by atoms with Crippen LogP contribution in [0.5, 0.6) is 5.75 Å². The van der Waals surface area contributed by atoms with Crippen molar-refractivity contribution >= 4 is 29.2 Å². The van der Waals surface area contributed by atoms with E-state index in [1.807, 2.05) is 38.2 Å². The van der Waals surface area contributed by atoms with Crippen LogP contribution >= 0.6 is 11.6 Å². The first-order chi connectivity index (χ1) is 15.0. The Balaban J connectivity index is 1.65. The van der Waals surface area contributed by atoms with Crippen LogP contribution in [0.2, 0.25) is 5.02 Å². The molecule has 0 radical (unpaired) electrons. The Bertz CT molecular complexity index is 1300. The van der Waals surface area contributed by atoms with E-state index in [2.05, 4.69) is 10.4 Å². The SMILES string of the molecule is CCc1nn2c(-c3ccc(OC)cc3Cl)c(C)oc2c1-n1ccc(N2CCNC2=O)n1. The van der Waals surface area contributed by atoms with Crippen molar-refractivity contribution in [2.75, 3.05) is 25.1 Å². The number of nitrogens with one attached hydrogen (secondary N) is 1. The van der Waals surface area contributed by atoms with Gasteiger partial charge in [-0.1, -0.05) is 18.5 Å². The molecule has 4 heterocycles. The molecule has 1 aliphatic heterocycles. The lowest BCUT2D eigenvalue weighted by atomic mass is 10.1. The summed E-state index contributed by atoms with van der Waals surface area (Å²) in [5.74, 6) is 1.94. The van der Waals surface area contributed by atoms with Crippen LogP contribution in [0.15, 0.2) is 34.9 Å². The summed E-state index contributed by atoms with van der Waals surface area (Å²) in [7, 11) is 1.60. The molecule has 160 valence electrons. The molecule has 31 heavy (non-hydrogen) atoms. The Hall–Kier alpha value is -3.46. The number of anilines is 1. The Morgan fingerprint density at radius 3 is 2.81 bits per heavy atom. The number of carbonyl (C=O) groups is 1. The molecule has 1 fully saturated rings. The molecule has 0 saturated carbocycles. The zero-order valence-electron chi connectivity index (χ0n) is 17.3. The number of methoxy groups -OCH3 is 1. The minimum Gasteiger partial charge on any atom is -0.497 e. The topological polar surface area (TPSA) is 89.8 Å². The number of carbonyl (C=O) groups excluding carboxylic acids is 1. The van der Waals surface area contributed by atoms with E-state index in [-0.39, 0.29) is 6.03 Å². The second-order valence-electron chi connectivity index (χ2n) is 7.22. The zero-order chi connectivity index (χ0) is 21.7. The Morgan fingerprint density at radius 2 is 2.13 bits per heavy atom. The van der Waals surface area contributed by atoms with E-state index in [1.54, 1.807) is 27.3 Å². The summed E-state index contributed by atoms with van der Waals surface area (Å²) in [4.78, 5) is 13.6. The summed E-state index contributed by atoms with van der Waals surface area (Å²) >= 11 is 6.54. The first-order valence-electron chi connectivity index (χ1n) is 9.98. The Kier molecular flexibility index (Phi) is 4.62. The number of hydrogen-bond donors (Lipinski definition) is 1. The van der Waals surface area contributed by atoms with Crippen LogP contribution in [-0.2, 0) is 6.42 Å². The smallest absolute Gasteiger partial charge is 0.323 e. The quantitative estimate of drug-likeness (QED) is 0.509. The lowest BCUT2D eigenvalue weighted by Gasteiger charge is -2.09. The molecule has 0 unspecified atom stereocenters. The summed E-state index contributed by atoms with van der Waals surface area (Å²) in [5, 5.41) is 12.7. The van der Waals surface area contributed by atoms with E-state index in [1.165, 1.54) is 0 Å². The van der Waals surface area contributed by atoms with E-state index >= 15 is 0 Å². The maximum Gasteiger partial charge on any atom is 0.323 e. The van der Waals surface area contributed by atoms with Crippen molar-refractivity contribution in [1.82, 2.24) is 24.7 Å². The number of oxazole rings is 1. The zero-order valence-corrected chi connectivity index (χ0v) is 18.1. The lowest BCUT2D eigenvalue weighted by molar-refractivity contribution is 0.252. The number of halogens is 1.